The van der Waals surface area contributed by atoms with Gasteiger partial charge in [-0.1, -0.05) is 38.1 Å². The minimum atomic E-state index is 0.638. The predicted molar refractivity (Wildman–Crippen MR) is 69.3 cm³/mol. The van der Waals surface area contributed by atoms with Gasteiger partial charge in [0, 0.05) is 5.92 Å². The van der Waals surface area contributed by atoms with Crippen LogP contribution >= 0.6 is 0 Å². The van der Waals surface area contributed by atoms with Gasteiger partial charge in [-0.2, -0.15) is 0 Å². The lowest BCUT2D eigenvalue weighted by Crippen LogP contribution is -2.07. The van der Waals surface area contributed by atoms with Gasteiger partial charge in [-0.3, -0.25) is 0 Å². The summed E-state index contributed by atoms with van der Waals surface area (Å²) in [6.45, 7) is 4.57. The van der Waals surface area contributed by atoms with Gasteiger partial charge in [-0.15, -0.1) is 0 Å². The molecule has 0 unspecified atom stereocenters. The van der Waals surface area contributed by atoms with E-state index in [1.54, 1.807) is 11.1 Å². The van der Waals surface area contributed by atoms with Crippen molar-refractivity contribution in [3.8, 4) is 0 Å². The molecule has 0 N–H and O–H groups in total. The summed E-state index contributed by atoms with van der Waals surface area (Å²) in [6, 6.07) is 4.88. The van der Waals surface area contributed by atoms with Crippen LogP contribution in [0.5, 0.6) is 0 Å². The molecule has 2 aliphatic rings. The van der Waals surface area contributed by atoms with E-state index in [0.717, 1.165) is 0 Å². The van der Waals surface area contributed by atoms with Crippen molar-refractivity contribution in [2.75, 3.05) is 0 Å². The quantitative estimate of drug-likeness (QED) is 0.654. The third-order valence-corrected chi connectivity index (χ3v) is 3.89. The Balaban J connectivity index is 2.06. The van der Waals surface area contributed by atoms with Crippen molar-refractivity contribution in [1.29, 1.82) is 0 Å². The number of aryl methyl sites for hydroxylation is 2. The molecule has 1 aromatic rings. The van der Waals surface area contributed by atoms with E-state index in [2.05, 4.69) is 38.1 Å². The van der Waals surface area contributed by atoms with Crippen molar-refractivity contribution in [2.24, 2.45) is 5.92 Å². The highest BCUT2D eigenvalue weighted by Crippen LogP contribution is 2.37. The summed E-state index contributed by atoms with van der Waals surface area (Å²) in [7, 11) is 0. The summed E-state index contributed by atoms with van der Waals surface area (Å²) in [4.78, 5) is 0. The van der Waals surface area contributed by atoms with Crippen LogP contribution in [0.15, 0.2) is 18.2 Å². The zero-order valence-electron chi connectivity index (χ0n) is 10.2. The first-order valence-corrected chi connectivity index (χ1v) is 6.47. The molecule has 0 atom stereocenters. The van der Waals surface area contributed by atoms with E-state index < -0.39 is 0 Å². The van der Waals surface area contributed by atoms with Crippen LogP contribution in [0.2, 0.25) is 0 Å². The van der Waals surface area contributed by atoms with Crippen LogP contribution in [0, 0.1) is 11.8 Å². The fourth-order valence-corrected chi connectivity index (χ4v) is 2.97. The highest BCUT2D eigenvalue weighted by molar-refractivity contribution is 5.70. The Bertz CT molecular complexity index is 438. The summed E-state index contributed by atoms with van der Waals surface area (Å²) in [5, 5.41) is 0. The molecule has 0 saturated carbocycles. The van der Waals surface area contributed by atoms with Crippen molar-refractivity contribution in [2.45, 2.75) is 39.5 Å². The van der Waals surface area contributed by atoms with E-state index in [-0.39, 0.29) is 0 Å². The number of fused-ring (bicyclic) bond motifs is 2. The van der Waals surface area contributed by atoms with Crippen molar-refractivity contribution >= 4 is 6.08 Å². The van der Waals surface area contributed by atoms with Crippen molar-refractivity contribution in [3.05, 3.63) is 46.4 Å². The van der Waals surface area contributed by atoms with Gasteiger partial charge in [-0.05, 0) is 53.9 Å². The van der Waals surface area contributed by atoms with Gasteiger partial charge in [0.15, 0.2) is 0 Å². The normalized spacial score (nSPS) is 18.9. The summed E-state index contributed by atoms with van der Waals surface area (Å²) < 4.78 is 0. The molecule has 0 heteroatoms. The summed E-state index contributed by atoms with van der Waals surface area (Å²) in [6.07, 6.45) is 9.91. The van der Waals surface area contributed by atoms with E-state index in [1.807, 2.05) is 0 Å². The van der Waals surface area contributed by atoms with Crippen LogP contribution in [0.3, 0.4) is 0 Å². The maximum atomic E-state index is 2.46. The molecule has 0 heterocycles. The van der Waals surface area contributed by atoms with Gasteiger partial charge in [-0.25, -0.2) is 0 Å². The number of allylic oxidation sites excluding steroid dienone is 1. The van der Waals surface area contributed by atoms with E-state index in [9.17, 15) is 0 Å². The molecule has 0 fully saturated rings. The Morgan fingerprint density at radius 1 is 0.938 bits per heavy atom. The Kier molecular flexibility index (Phi) is 2.38. The average Bonchev–Trinajstić information content (AvgIpc) is 2.68. The monoisotopic (exact) mass is 211 g/mol. The van der Waals surface area contributed by atoms with Crippen LogP contribution in [0.4, 0.5) is 0 Å². The van der Waals surface area contributed by atoms with Crippen LogP contribution in [-0.4, -0.2) is 0 Å². The Hall–Kier alpha value is -1.04. The molecule has 2 aliphatic carbocycles. The maximum absolute atomic E-state index is 2.46. The second-order valence-electron chi connectivity index (χ2n) is 5.36. The van der Waals surface area contributed by atoms with Crippen molar-refractivity contribution < 1.29 is 0 Å². The molecule has 1 radical (unpaired) electrons. The van der Waals surface area contributed by atoms with Gasteiger partial charge in [0.05, 0.1) is 0 Å². The maximum Gasteiger partial charge on any atom is 0.0298 e. The fourth-order valence-electron chi connectivity index (χ4n) is 2.97. The minimum absolute atomic E-state index is 0.638. The van der Waals surface area contributed by atoms with Gasteiger partial charge in [0.1, 0.15) is 0 Å². The number of hydrogen-bond donors (Lipinski definition) is 0. The topological polar surface area (TPSA) is 0 Å². The lowest BCUT2D eigenvalue weighted by atomic mass is 9.84. The second kappa shape index (κ2) is 3.76. The number of hydrogen-bond acceptors (Lipinski definition) is 0. The molecule has 0 nitrogen and oxygen atoms in total. The lowest BCUT2D eigenvalue weighted by Gasteiger charge is -2.20. The molecule has 1 aromatic carbocycles. The van der Waals surface area contributed by atoms with Crippen LogP contribution in [0.1, 0.15) is 48.9 Å². The first kappa shape index (κ1) is 10.1. The second-order valence-corrected chi connectivity index (χ2v) is 5.36. The third kappa shape index (κ3) is 1.52. The minimum Gasteiger partial charge on any atom is -0.0719 e. The molecular formula is C16H19. The fraction of sp³-hybridized carbons (Fsp3) is 0.438. The summed E-state index contributed by atoms with van der Waals surface area (Å²) >= 11 is 0. The number of benzene rings is 1. The zero-order chi connectivity index (χ0) is 11.1. The van der Waals surface area contributed by atoms with E-state index >= 15 is 0 Å². The smallest absolute Gasteiger partial charge is 0.0298 e. The SMILES string of the molecule is CC(C)[C]1C=Cc2cc3c(cc21)CCCC3. The summed E-state index contributed by atoms with van der Waals surface area (Å²) in [5.74, 6) is 2.16. The molecule has 0 amide bonds. The highest BCUT2D eigenvalue weighted by Gasteiger charge is 2.23. The highest BCUT2D eigenvalue weighted by atomic mass is 14.3. The standard InChI is InChI=1S/C16H19/c1-11(2)15-8-7-14-9-12-5-3-4-6-13(12)10-16(14)15/h7-11H,3-6H2,1-2H3. The van der Waals surface area contributed by atoms with Gasteiger partial charge >= 0.3 is 0 Å². The molecule has 0 spiro atoms. The Morgan fingerprint density at radius 2 is 1.62 bits per heavy atom. The molecular weight excluding hydrogens is 192 g/mol. The molecule has 0 bridgehead atoms. The van der Waals surface area contributed by atoms with Crippen LogP contribution < -0.4 is 0 Å². The first-order chi connectivity index (χ1) is 7.75. The van der Waals surface area contributed by atoms with Gasteiger partial charge in [0.2, 0.25) is 0 Å². The molecule has 16 heavy (non-hydrogen) atoms. The zero-order valence-corrected chi connectivity index (χ0v) is 10.2. The summed E-state index contributed by atoms with van der Waals surface area (Å²) in [5.41, 5.74) is 6.14. The number of rotatable bonds is 1. The average molecular weight is 211 g/mol. The van der Waals surface area contributed by atoms with Crippen molar-refractivity contribution in [1.82, 2.24) is 0 Å². The third-order valence-electron chi connectivity index (χ3n) is 3.89. The molecule has 0 saturated heterocycles. The Morgan fingerprint density at radius 3 is 2.31 bits per heavy atom. The molecule has 3 rings (SSSR count). The van der Waals surface area contributed by atoms with Crippen molar-refractivity contribution in [3.63, 3.8) is 0 Å². The lowest BCUT2D eigenvalue weighted by molar-refractivity contribution is 0.681. The van der Waals surface area contributed by atoms with Crippen LogP contribution in [0.25, 0.3) is 6.08 Å². The Labute approximate surface area is 98.4 Å². The van der Waals surface area contributed by atoms with Crippen LogP contribution in [-0.2, 0) is 12.8 Å². The van der Waals surface area contributed by atoms with Gasteiger partial charge in [0.25, 0.3) is 0 Å². The van der Waals surface area contributed by atoms with E-state index in [0.29, 0.717) is 5.92 Å². The van der Waals surface area contributed by atoms with Gasteiger partial charge < -0.3 is 0 Å². The molecule has 0 aliphatic heterocycles. The van der Waals surface area contributed by atoms with E-state index in [1.165, 1.54) is 42.7 Å². The molecule has 0 aromatic heterocycles. The first-order valence-electron chi connectivity index (χ1n) is 6.47. The van der Waals surface area contributed by atoms with E-state index in [4.69, 9.17) is 0 Å². The molecule has 83 valence electrons. The predicted octanol–water partition coefficient (Wildman–Crippen LogP) is 4.17. The largest absolute Gasteiger partial charge is 0.0719 e.